The third-order valence-electron chi connectivity index (χ3n) is 2.60. The number of hydrogen-bond donors (Lipinski definition) is 1. The van der Waals surface area contributed by atoms with Crippen LogP contribution in [0, 0.1) is 0 Å². The summed E-state index contributed by atoms with van der Waals surface area (Å²) in [6, 6.07) is 0. The molecule has 0 radical (unpaired) electrons. The lowest BCUT2D eigenvalue weighted by atomic mass is 10.4. The molecule has 0 amide bonds. The fraction of sp³-hybridized carbons (Fsp3) is 0.727. The van der Waals surface area contributed by atoms with Crippen molar-refractivity contribution in [2.75, 3.05) is 12.3 Å². The highest BCUT2D eigenvalue weighted by molar-refractivity contribution is 7.91. The Kier molecular flexibility index (Phi) is 5.14. The third-order valence-corrected chi connectivity index (χ3v) is 4.78. The molecule has 0 spiro atoms. The van der Waals surface area contributed by atoms with Gasteiger partial charge in [0.15, 0.2) is 9.84 Å². The molecule has 1 aromatic rings. The van der Waals surface area contributed by atoms with Crippen LogP contribution in [0.25, 0.3) is 0 Å². The minimum Gasteiger partial charge on any atom is -0.336 e. The van der Waals surface area contributed by atoms with Gasteiger partial charge in [-0.25, -0.2) is 13.4 Å². The van der Waals surface area contributed by atoms with Crippen LogP contribution in [0.15, 0.2) is 12.5 Å². The summed E-state index contributed by atoms with van der Waals surface area (Å²) in [6.07, 6.45) is 3.57. The lowest BCUT2D eigenvalue weighted by Crippen LogP contribution is -2.20. The SMILES string of the molecule is CCNCc1cn(CCS(=O)(=O)C(C)C)cn1. The summed E-state index contributed by atoms with van der Waals surface area (Å²) in [5.74, 6) is 0.168. The average molecular weight is 259 g/mol. The van der Waals surface area contributed by atoms with E-state index in [1.54, 1.807) is 20.2 Å². The summed E-state index contributed by atoms with van der Waals surface area (Å²) in [4.78, 5) is 4.20. The first-order valence-corrected chi connectivity index (χ1v) is 7.60. The monoisotopic (exact) mass is 259 g/mol. The van der Waals surface area contributed by atoms with Gasteiger partial charge in [0.1, 0.15) is 0 Å². The van der Waals surface area contributed by atoms with Gasteiger partial charge in [-0.2, -0.15) is 0 Å². The van der Waals surface area contributed by atoms with Gasteiger partial charge in [0, 0.05) is 19.3 Å². The molecule has 98 valence electrons. The van der Waals surface area contributed by atoms with Gasteiger partial charge in [-0.05, 0) is 20.4 Å². The smallest absolute Gasteiger partial charge is 0.154 e. The number of rotatable bonds is 7. The zero-order chi connectivity index (χ0) is 12.9. The molecule has 17 heavy (non-hydrogen) atoms. The molecule has 1 rings (SSSR count). The van der Waals surface area contributed by atoms with E-state index in [0.29, 0.717) is 6.54 Å². The predicted molar refractivity (Wildman–Crippen MR) is 68.5 cm³/mol. The minimum atomic E-state index is -2.97. The Morgan fingerprint density at radius 1 is 1.47 bits per heavy atom. The van der Waals surface area contributed by atoms with E-state index in [-0.39, 0.29) is 11.0 Å². The van der Waals surface area contributed by atoms with Gasteiger partial charge in [-0.15, -0.1) is 0 Å². The Balaban J connectivity index is 2.50. The summed E-state index contributed by atoms with van der Waals surface area (Å²) in [7, 11) is -2.97. The second-order valence-electron chi connectivity index (χ2n) is 4.30. The molecular formula is C11H21N3O2S. The van der Waals surface area contributed by atoms with Crippen molar-refractivity contribution in [2.24, 2.45) is 0 Å². The molecule has 0 saturated carbocycles. The number of imidazole rings is 1. The number of aromatic nitrogens is 2. The van der Waals surface area contributed by atoms with Crippen molar-refractivity contribution >= 4 is 9.84 Å². The van der Waals surface area contributed by atoms with Gasteiger partial charge in [0.25, 0.3) is 0 Å². The van der Waals surface area contributed by atoms with Gasteiger partial charge in [0.2, 0.25) is 0 Å². The van der Waals surface area contributed by atoms with Crippen LogP contribution >= 0.6 is 0 Å². The summed E-state index contributed by atoms with van der Waals surface area (Å²) in [5.41, 5.74) is 0.939. The van der Waals surface area contributed by atoms with Crippen LogP contribution in [0.3, 0.4) is 0 Å². The fourth-order valence-electron chi connectivity index (χ4n) is 1.34. The molecule has 1 N–H and O–H groups in total. The standard InChI is InChI=1S/C11H21N3O2S/c1-4-12-7-11-8-14(9-13-11)5-6-17(15,16)10(2)3/h8-10,12H,4-7H2,1-3H3. The van der Waals surface area contributed by atoms with E-state index in [0.717, 1.165) is 18.8 Å². The number of nitrogens with zero attached hydrogens (tertiary/aromatic N) is 2. The van der Waals surface area contributed by atoms with E-state index < -0.39 is 9.84 Å². The summed E-state index contributed by atoms with van der Waals surface area (Å²) in [5, 5.41) is 2.86. The van der Waals surface area contributed by atoms with Crippen LogP contribution in [-0.2, 0) is 22.9 Å². The van der Waals surface area contributed by atoms with Gasteiger partial charge in [-0.1, -0.05) is 6.92 Å². The molecule has 0 aromatic carbocycles. The maximum absolute atomic E-state index is 11.6. The van der Waals surface area contributed by atoms with Gasteiger partial charge in [-0.3, -0.25) is 0 Å². The fourth-order valence-corrected chi connectivity index (χ4v) is 2.28. The van der Waals surface area contributed by atoms with Crippen LogP contribution in [-0.4, -0.2) is 35.5 Å². The van der Waals surface area contributed by atoms with Crippen molar-refractivity contribution in [1.82, 2.24) is 14.9 Å². The minimum absolute atomic E-state index is 0.168. The molecule has 0 unspecified atom stereocenters. The van der Waals surface area contributed by atoms with Crippen LogP contribution in [0.1, 0.15) is 26.5 Å². The highest BCUT2D eigenvalue weighted by atomic mass is 32.2. The first-order valence-electron chi connectivity index (χ1n) is 5.88. The molecule has 0 atom stereocenters. The van der Waals surface area contributed by atoms with Gasteiger partial charge >= 0.3 is 0 Å². The quantitative estimate of drug-likeness (QED) is 0.787. The molecule has 0 fully saturated rings. The summed E-state index contributed by atoms with van der Waals surface area (Å²) < 4.78 is 25.1. The van der Waals surface area contributed by atoms with Crippen LogP contribution < -0.4 is 5.32 Å². The molecule has 0 bridgehead atoms. The predicted octanol–water partition coefficient (Wildman–Crippen LogP) is 0.816. The third kappa shape index (κ3) is 4.47. The van der Waals surface area contributed by atoms with Crippen molar-refractivity contribution in [3.63, 3.8) is 0 Å². The number of nitrogens with one attached hydrogen (secondary N) is 1. The van der Waals surface area contributed by atoms with Crippen LogP contribution in [0.4, 0.5) is 0 Å². The van der Waals surface area contributed by atoms with Gasteiger partial charge in [0.05, 0.1) is 23.0 Å². The largest absolute Gasteiger partial charge is 0.336 e. The van der Waals surface area contributed by atoms with E-state index in [9.17, 15) is 8.42 Å². The van der Waals surface area contributed by atoms with E-state index in [2.05, 4.69) is 10.3 Å². The van der Waals surface area contributed by atoms with Crippen molar-refractivity contribution in [3.8, 4) is 0 Å². The highest BCUT2D eigenvalue weighted by Crippen LogP contribution is 2.03. The lowest BCUT2D eigenvalue weighted by molar-refractivity contribution is 0.580. The average Bonchev–Trinajstić information content (AvgIpc) is 2.71. The van der Waals surface area contributed by atoms with E-state index in [1.807, 2.05) is 17.7 Å². The normalized spacial score (nSPS) is 12.2. The molecule has 0 aliphatic rings. The molecule has 1 heterocycles. The maximum Gasteiger partial charge on any atom is 0.154 e. The lowest BCUT2D eigenvalue weighted by Gasteiger charge is -2.07. The Morgan fingerprint density at radius 3 is 2.76 bits per heavy atom. The van der Waals surface area contributed by atoms with E-state index in [4.69, 9.17) is 0 Å². The molecule has 0 aliphatic heterocycles. The molecule has 0 saturated heterocycles. The Morgan fingerprint density at radius 2 is 2.18 bits per heavy atom. The van der Waals surface area contributed by atoms with Crippen molar-refractivity contribution in [1.29, 1.82) is 0 Å². The molecular weight excluding hydrogens is 238 g/mol. The van der Waals surface area contributed by atoms with Gasteiger partial charge < -0.3 is 9.88 Å². The number of hydrogen-bond acceptors (Lipinski definition) is 4. The van der Waals surface area contributed by atoms with Crippen molar-refractivity contribution < 1.29 is 8.42 Å². The zero-order valence-corrected chi connectivity index (χ0v) is 11.5. The first kappa shape index (κ1) is 14.2. The zero-order valence-electron chi connectivity index (χ0n) is 10.7. The Hall–Kier alpha value is -0.880. The van der Waals surface area contributed by atoms with Crippen LogP contribution in [0.5, 0.6) is 0 Å². The second kappa shape index (κ2) is 6.16. The topological polar surface area (TPSA) is 64.0 Å². The maximum atomic E-state index is 11.6. The summed E-state index contributed by atoms with van der Waals surface area (Å²) >= 11 is 0. The second-order valence-corrected chi connectivity index (χ2v) is 6.98. The van der Waals surface area contributed by atoms with Crippen molar-refractivity contribution in [3.05, 3.63) is 18.2 Å². The summed E-state index contributed by atoms with van der Waals surface area (Å²) in [6.45, 7) is 7.54. The van der Waals surface area contributed by atoms with E-state index >= 15 is 0 Å². The number of aryl methyl sites for hydroxylation is 1. The molecule has 1 aromatic heterocycles. The van der Waals surface area contributed by atoms with Crippen molar-refractivity contribution in [2.45, 2.75) is 39.1 Å². The Labute approximate surface area is 103 Å². The number of sulfone groups is 1. The highest BCUT2D eigenvalue weighted by Gasteiger charge is 2.15. The molecule has 0 aliphatic carbocycles. The first-order chi connectivity index (χ1) is 7.95. The molecule has 5 nitrogen and oxygen atoms in total. The Bertz CT molecular complexity index is 437. The molecule has 6 heteroatoms. The van der Waals surface area contributed by atoms with E-state index in [1.165, 1.54) is 0 Å². The van der Waals surface area contributed by atoms with Crippen LogP contribution in [0.2, 0.25) is 0 Å².